The normalized spacial score (nSPS) is 13.3. The summed E-state index contributed by atoms with van der Waals surface area (Å²) < 4.78 is 5.21. The molecule has 0 saturated heterocycles. The molecule has 116 valence electrons. The topological polar surface area (TPSA) is 55.4 Å². The zero-order valence-electron chi connectivity index (χ0n) is 13.1. The molecule has 21 heavy (non-hydrogen) atoms. The van der Waals surface area contributed by atoms with Crippen LogP contribution in [0.25, 0.3) is 0 Å². The molecule has 0 aliphatic carbocycles. The molecule has 0 bridgehead atoms. The average Bonchev–Trinajstić information content (AvgIpc) is 2.51. The number of rotatable bonds is 9. The molecule has 4 nitrogen and oxygen atoms in total. The van der Waals surface area contributed by atoms with E-state index in [-0.39, 0.29) is 30.8 Å². The number of carbonyl (C=O) groups excluding carboxylic acids is 2. The number of nitrogens with one attached hydrogen (secondary N) is 1. The van der Waals surface area contributed by atoms with Gasteiger partial charge < -0.3 is 10.1 Å². The van der Waals surface area contributed by atoms with E-state index >= 15 is 0 Å². The van der Waals surface area contributed by atoms with Crippen LogP contribution in [0.3, 0.4) is 0 Å². The summed E-state index contributed by atoms with van der Waals surface area (Å²) in [5.41, 5.74) is 0.996. The summed E-state index contributed by atoms with van der Waals surface area (Å²) in [5, 5.41) is 3.31. The quantitative estimate of drug-likeness (QED) is 0.559. The Hall–Kier alpha value is -1.84. The molecule has 0 fully saturated rings. The number of hydrogen-bond donors (Lipinski definition) is 1. The third kappa shape index (κ3) is 6.43. The van der Waals surface area contributed by atoms with E-state index in [9.17, 15) is 9.59 Å². The molecule has 1 rings (SSSR count). The highest BCUT2D eigenvalue weighted by molar-refractivity contribution is 5.96. The van der Waals surface area contributed by atoms with Crippen molar-refractivity contribution in [3.8, 4) is 0 Å². The zero-order valence-corrected chi connectivity index (χ0v) is 13.1. The Bertz CT molecular complexity index is 445. The van der Waals surface area contributed by atoms with Crippen molar-refractivity contribution in [2.75, 3.05) is 11.9 Å². The lowest BCUT2D eigenvalue weighted by molar-refractivity contribution is -0.147. The average molecular weight is 291 g/mol. The van der Waals surface area contributed by atoms with Crippen molar-refractivity contribution < 1.29 is 14.3 Å². The number of ketones is 1. The summed E-state index contributed by atoms with van der Waals surface area (Å²) in [4.78, 5) is 23.3. The van der Waals surface area contributed by atoms with Gasteiger partial charge in [-0.3, -0.25) is 9.59 Å². The predicted molar refractivity (Wildman–Crippen MR) is 84.2 cm³/mol. The van der Waals surface area contributed by atoms with E-state index < -0.39 is 5.97 Å². The molecule has 1 aromatic rings. The van der Waals surface area contributed by atoms with E-state index in [2.05, 4.69) is 5.32 Å². The molecule has 2 unspecified atom stereocenters. The Labute approximate surface area is 126 Å². The Morgan fingerprint density at radius 2 is 1.81 bits per heavy atom. The molecule has 0 aliphatic rings. The predicted octanol–water partition coefficient (Wildman–Crippen LogP) is 3.43. The second-order valence-corrected chi connectivity index (χ2v) is 5.25. The van der Waals surface area contributed by atoms with Gasteiger partial charge in [0, 0.05) is 11.6 Å². The Kier molecular flexibility index (Phi) is 7.51. The largest absolute Gasteiger partial charge is 0.463 e. The van der Waals surface area contributed by atoms with E-state index in [1.54, 1.807) is 0 Å². The van der Waals surface area contributed by atoms with Gasteiger partial charge in [-0.1, -0.05) is 39.0 Å². The number of benzene rings is 1. The van der Waals surface area contributed by atoms with Crippen LogP contribution in [-0.2, 0) is 14.3 Å². The Morgan fingerprint density at radius 3 is 2.38 bits per heavy atom. The third-order valence-electron chi connectivity index (χ3n) is 3.56. The van der Waals surface area contributed by atoms with Crippen molar-refractivity contribution >= 4 is 17.4 Å². The fraction of sp³-hybridized carbons (Fsp3) is 0.529. The highest BCUT2D eigenvalue weighted by Gasteiger charge is 2.17. The molecule has 0 aliphatic heterocycles. The zero-order chi connectivity index (χ0) is 15.7. The summed E-state index contributed by atoms with van der Waals surface area (Å²) in [6.07, 6.45) is 1.46. The minimum absolute atomic E-state index is 0.0495. The lowest BCUT2D eigenvalue weighted by Gasteiger charge is -2.18. The second-order valence-electron chi connectivity index (χ2n) is 5.25. The van der Waals surface area contributed by atoms with E-state index in [0.29, 0.717) is 0 Å². The molecule has 0 aromatic heterocycles. The lowest BCUT2D eigenvalue weighted by Crippen LogP contribution is -2.27. The first kappa shape index (κ1) is 17.2. The highest BCUT2D eigenvalue weighted by Crippen LogP contribution is 2.10. The van der Waals surface area contributed by atoms with Crippen LogP contribution >= 0.6 is 0 Å². The van der Waals surface area contributed by atoms with Gasteiger partial charge in [0.1, 0.15) is 18.8 Å². The summed E-state index contributed by atoms with van der Waals surface area (Å²) >= 11 is 0. The van der Waals surface area contributed by atoms with E-state index in [1.807, 2.05) is 51.1 Å². The van der Waals surface area contributed by atoms with Crippen molar-refractivity contribution in [1.82, 2.24) is 0 Å². The molecule has 2 atom stereocenters. The van der Waals surface area contributed by atoms with Crippen LogP contribution < -0.4 is 5.32 Å². The van der Waals surface area contributed by atoms with Crippen LogP contribution in [0.1, 0.15) is 40.0 Å². The van der Waals surface area contributed by atoms with Crippen LogP contribution in [0.15, 0.2) is 30.3 Å². The maximum absolute atomic E-state index is 11.7. The molecule has 0 spiro atoms. The van der Waals surface area contributed by atoms with Crippen LogP contribution in [-0.4, -0.2) is 24.4 Å². The van der Waals surface area contributed by atoms with E-state index in [1.165, 1.54) is 0 Å². The maximum atomic E-state index is 11.7. The van der Waals surface area contributed by atoms with E-state index in [4.69, 9.17) is 4.74 Å². The van der Waals surface area contributed by atoms with Gasteiger partial charge in [-0.25, -0.2) is 0 Å². The number of anilines is 1. The first-order valence-electron chi connectivity index (χ1n) is 7.56. The number of carbonyl (C=O) groups is 2. The molecular formula is C17H25NO3. The molecule has 0 heterocycles. The second kappa shape index (κ2) is 9.16. The van der Waals surface area contributed by atoms with Crippen molar-refractivity contribution in [2.24, 2.45) is 5.92 Å². The van der Waals surface area contributed by atoms with Gasteiger partial charge in [0.15, 0.2) is 0 Å². The standard InChI is InChI=1S/C17H25NO3/c1-4-13(3)16(19)11-17(20)21-12-14(5-2)18-15-9-7-6-8-10-15/h6-10,13-14,18H,4-5,11-12H2,1-3H3. The fourth-order valence-corrected chi connectivity index (χ4v) is 1.82. The minimum Gasteiger partial charge on any atom is -0.463 e. The molecule has 0 amide bonds. The van der Waals surface area contributed by atoms with Crippen molar-refractivity contribution in [3.63, 3.8) is 0 Å². The summed E-state index contributed by atoms with van der Waals surface area (Å²) in [6, 6.07) is 9.84. The number of para-hydroxylation sites is 1. The summed E-state index contributed by atoms with van der Waals surface area (Å²) in [7, 11) is 0. The molecule has 4 heteroatoms. The molecule has 0 radical (unpaired) electrons. The summed E-state index contributed by atoms with van der Waals surface area (Å²) in [5.74, 6) is -0.567. The Balaban J connectivity index is 2.37. The number of ether oxygens (including phenoxy) is 1. The number of hydrogen-bond acceptors (Lipinski definition) is 4. The monoisotopic (exact) mass is 291 g/mol. The van der Waals surface area contributed by atoms with Gasteiger partial charge in [-0.15, -0.1) is 0 Å². The van der Waals surface area contributed by atoms with Crippen LogP contribution in [0.2, 0.25) is 0 Å². The SMILES string of the molecule is CCC(COC(=O)CC(=O)C(C)CC)Nc1ccccc1. The van der Waals surface area contributed by atoms with Gasteiger partial charge in [0.05, 0.1) is 6.04 Å². The van der Waals surface area contributed by atoms with Gasteiger partial charge in [0.2, 0.25) is 0 Å². The molecular weight excluding hydrogens is 266 g/mol. The third-order valence-corrected chi connectivity index (χ3v) is 3.56. The fourth-order valence-electron chi connectivity index (χ4n) is 1.82. The van der Waals surface area contributed by atoms with Crippen LogP contribution in [0.4, 0.5) is 5.69 Å². The van der Waals surface area contributed by atoms with E-state index in [0.717, 1.165) is 18.5 Å². The van der Waals surface area contributed by atoms with Crippen molar-refractivity contribution in [1.29, 1.82) is 0 Å². The first-order valence-corrected chi connectivity index (χ1v) is 7.56. The van der Waals surface area contributed by atoms with Crippen molar-refractivity contribution in [3.05, 3.63) is 30.3 Å². The lowest BCUT2D eigenvalue weighted by atomic mass is 10.0. The van der Waals surface area contributed by atoms with Gasteiger partial charge in [-0.05, 0) is 25.0 Å². The minimum atomic E-state index is -0.436. The Morgan fingerprint density at radius 1 is 1.14 bits per heavy atom. The smallest absolute Gasteiger partial charge is 0.313 e. The highest BCUT2D eigenvalue weighted by atomic mass is 16.5. The van der Waals surface area contributed by atoms with Crippen LogP contribution in [0, 0.1) is 5.92 Å². The van der Waals surface area contributed by atoms with Gasteiger partial charge in [-0.2, -0.15) is 0 Å². The van der Waals surface area contributed by atoms with Crippen molar-refractivity contribution in [2.45, 2.75) is 46.1 Å². The molecule has 1 N–H and O–H groups in total. The number of esters is 1. The molecule has 1 aromatic carbocycles. The van der Waals surface area contributed by atoms with Gasteiger partial charge in [0.25, 0.3) is 0 Å². The molecule has 0 saturated carbocycles. The summed E-state index contributed by atoms with van der Waals surface area (Å²) in [6.45, 7) is 6.07. The van der Waals surface area contributed by atoms with Gasteiger partial charge >= 0.3 is 5.97 Å². The van der Waals surface area contributed by atoms with Crippen LogP contribution in [0.5, 0.6) is 0 Å². The maximum Gasteiger partial charge on any atom is 0.313 e. The first-order chi connectivity index (χ1) is 10.1. The number of Topliss-reactive ketones (excluding diaryl/α,β-unsaturated/α-hetero) is 1.